The van der Waals surface area contributed by atoms with Gasteiger partial charge in [0.25, 0.3) is 5.91 Å². The molecule has 0 fully saturated rings. The van der Waals surface area contributed by atoms with Gasteiger partial charge in [0.05, 0.1) is 30.3 Å². The highest BCUT2D eigenvalue weighted by Gasteiger charge is 2.29. The van der Waals surface area contributed by atoms with E-state index in [1.54, 1.807) is 29.7 Å². The van der Waals surface area contributed by atoms with Gasteiger partial charge in [0.1, 0.15) is 22.5 Å². The van der Waals surface area contributed by atoms with E-state index in [-0.39, 0.29) is 11.9 Å². The van der Waals surface area contributed by atoms with E-state index in [9.17, 15) is 4.79 Å². The summed E-state index contributed by atoms with van der Waals surface area (Å²) in [4.78, 5) is 27.7. The van der Waals surface area contributed by atoms with E-state index in [1.165, 1.54) is 11.1 Å². The van der Waals surface area contributed by atoms with Crippen molar-refractivity contribution in [3.8, 4) is 0 Å². The van der Waals surface area contributed by atoms with E-state index in [2.05, 4.69) is 27.1 Å². The first-order valence-electron chi connectivity index (χ1n) is 8.86. The third-order valence-electron chi connectivity index (χ3n) is 5.37. The zero-order valence-corrected chi connectivity index (χ0v) is 14.8. The van der Waals surface area contributed by atoms with E-state index < -0.39 is 0 Å². The summed E-state index contributed by atoms with van der Waals surface area (Å²) in [5.74, 6) is 0.282. The van der Waals surface area contributed by atoms with Crippen LogP contribution in [0.4, 0.5) is 5.82 Å². The van der Waals surface area contributed by atoms with Crippen LogP contribution in [0.3, 0.4) is 0 Å². The molecule has 5 rings (SSSR count). The zero-order valence-electron chi connectivity index (χ0n) is 14.8. The van der Waals surface area contributed by atoms with Crippen LogP contribution in [-0.4, -0.2) is 37.2 Å². The molecule has 0 saturated heterocycles. The second kappa shape index (κ2) is 5.77. The van der Waals surface area contributed by atoms with Crippen LogP contribution >= 0.6 is 0 Å². The van der Waals surface area contributed by atoms with Gasteiger partial charge in [0, 0.05) is 7.05 Å². The number of anilines is 1. The Bertz CT molecular complexity index is 1200. The molecule has 7 nitrogen and oxygen atoms in total. The molecule has 1 atom stereocenters. The number of imidazole rings is 1. The van der Waals surface area contributed by atoms with Gasteiger partial charge in [-0.3, -0.25) is 9.20 Å². The lowest BCUT2D eigenvalue weighted by molar-refractivity contribution is 0.0725. The highest BCUT2D eigenvalue weighted by Crippen LogP contribution is 2.35. The first kappa shape index (κ1) is 15.7. The predicted molar refractivity (Wildman–Crippen MR) is 102 cm³/mol. The van der Waals surface area contributed by atoms with E-state index in [4.69, 9.17) is 5.73 Å². The van der Waals surface area contributed by atoms with Crippen LogP contribution in [0.5, 0.6) is 0 Å². The second-order valence-corrected chi connectivity index (χ2v) is 6.87. The first-order valence-corrected chi connectivity index (χ1v) is 8.86. The van der Waals surface area contributed by atoms with Crippen molar-refractivity contribution in [2.24, 2.45) is 0 Å². The average molecular weight is 358 g/mol. The van der Waals surface area contributed by atoms with Crippen molar-refractivity contribution in [3.63, 3.8) is 0 Å². The summed E-state index contributed by atoms with van der Waals surface area (Å²) in [5.41, 5.74) is 11.0. The Balaban J connectivity index is 1.55. The van der Waals surface area contributed by atoms with Crippen LogP contribution in [0, 0.1) is 0 Å². The number of carbonyl (C=O) groups is 1. The fourth-order valence-corrected chi connectivity index (χ4v) is 3.96. The second-order valence-electron chi connectivity index (χ2n) is 6.87. The Kier molecular flexibility index (Phi) is 3.36. The number of hydrogen-bond acceptors (Lipinski definition) is 5. The number of hydrogen-bond donors (Lipinski definition) is 1. The third kappa shape index (κ3) is 2.35. The number of nitrogen functional groups attached to an aromatic ring is 1. The van der Waals surface area contributed by atoms with Gasteiger partial charge in [-0.1, -0.05) is 24.3 Å². The van der Waals surface area contributed by atoms with Gasteiger partial charge in [0.2, 0.25) is 0 Å². The van der Waals surface area contributed by atoms with Gasteiger partial charge < -0.3 is 10.6 Å². The topological polar surface area (TPSA) is 89.4 Å². The highest BCUT2D eigenvalue weighted by atomic mass is 16.2. The molecule has 1 unspecified atom stereocenters. The number of pyridine rings is 1. The van der Waals surface area contributed by atoms with Gasteiger partial charge in [-0.25, -0.2) is 15.0 Å². The van der Waals surface area contributed by atoms with Crippen molar-refractivity contribution < 1.29 is 4.79 Å². The van der Waals surface area contributed by atoms with Crippen LogP contribution in [0.1, 0.15) is 34.1 Å². The maximum Gasteiger partial charge on any atom is 0.272 e. The smallest absolute Gasteiger partial charge is 0.272 e. The van der Waals surface area contributed by atoms with Crippen molar-refractivity contribution in [1.82, 2.24) is 24.3 Å². The summed E-state index contributed by atoms with van der Waals surface area (Å²) in [6.07, 6.45) is 6.84. The maximum absolute atomic E-state index is 13.1. The molecule has 0 spiro atoms. The van der Waals surface area contributed by atoms with Gasteiger partial charge in [0.15, 0.2) is 0 Å². The standard InChI is InChI=1S/C20H18N6O/c1-25(16-7-6-12-4-2-3-5-13(12)16)20(27)14-8-17-15(9-23-14)24-19(21)18-10-22-11-26(17)18/h2-5,8-11,16H,6-7H2,1H3,(H2,21,24). The normalized spacial score (nSPS) is 16.0. The highest BCUT2D eigenvalue weighted by molar-refractivity contribution is 5.96. The number of carbonyl (C=O) groups excluding carboxylic acids is 1. The zero-order chi connectivity index (χ0) is 18.5. The van der Waals surface area contributed by atoms with Crippen molar-refractivity contribution in [2.75, 3.05) is 12.8 Å². The van der Waals surface area contributed by atoms with Crippen LogP contribution in [0.2, 0.25) is 0 Å². The molecule has 1 amide bonds. The van der Waals surface area contributed by atoms with Gasteiger partial charge >= 0.3 is 0 Å². The van der Waals surface area contributed by atoms with E-state index in [0.717, 1.165) is 18.4 Å². The summed E-state index contributed by atoms with van der Waals surface area (Å²) in [6, 6.07) is 10.1. The number of nitrogens with two attached hydrogens (primary N) is 1. The Hall–Kier alpha value is -3.48. The molecule has 0 radical (unpaired) electrons. The number of amides is 1. The fourth-order valence-electron chi connectivity index (χ4n) is 3.96. The SMILES string of the molecule is CN(C(=O)c1cc2c(cn1)nc(N)c1cncn12)C1CCc2ccccc21. The average Bonchev–Trinajstić information content (AvgIpc) is 3.34. The van der Waals surface area contributed by atoms with Gasteiger partial charge in [-0.2, -0.15) is 0 Å². The number of rotatable bonds is 2. The Labute approximate surface area is 155 Å². The molecule has 1 aromatic carbocycles. The van der Waals surface area contributed by atoms with Crippen molar-refractivity contribution >= 4 is 28.3 Å². The minimum absolute atomic E-state index is 0.0732. The van der Waals surface area contributed by atoms with Crippen molar-refractivity contribution in [2.45, 2.75) is 18.9 Å². The minimum Gasteiger partial charge on any atom is -0.382 e. The van der Waals surface area contributed by atoms with Crippen LogP contribution in [0.25, 0.3) is 16.6 Å². The molecule has 0 bridgehead atoms. The van der Waals surface area contributed by atoms with E-state index in [1.807, 2.05) is 23.6 Å². The van der Waals surface area contributed by atoms with E-state index in [0.29, 0.717) is 22.5 Å². The lowest BCUT2D eigenvalue weighted by Gasteiger charge is -2.25. The number of nitrogens with zero attached hydrogens (tertiary/aromatic N) is 5. The summed E-state index contributed by atoms with van der Waals surface area (Å²) in [6.45, 7) is 0. The molecular formula is C20H18N6O. The Morgan fingerprint density at radius 3 is 3.00 bits per heavy atom. The molecule has 27 heavy (non-hydrogen) atoms. The monoisotopic (exact) mass is 358 g/mol. The fraction of sp³-hybridized carbons (Fsp3) is 0.200. The van der Waals surface area contributed by atoms with Gasteiger partial charge in [-0.15, -0.1) is 0 Å². The summed E-state index contributed by atoms with van der Waals surface area (Å²) < 4.78 is 1.83. The molecule has 134 valence electrons. The first-order chi connectivity index (χ1) is 13.1. The maximum atomic E-state index is 13.1. The van der Waals surface area contributed by atoms with Crippen LogP contribution in [-0.2, 0) is 6.42 Å². The molecule has 7 heteroatoms. The van der Waals surface area contributed by atoms with E-state index >= 15 is 0 Å². The largest absolute Gasteiger partial charge is 0.382 e. The molecule has 1 aliphatic rings. The Morgan fingerprint density at radius 2 is 2.11 bits per heavy atom. The molecule has 0 saturated carbocycles. The lowest BCUT2D eigenvalue weighted by atomic mass is 10.1. The lowest BCUT2D eigenvalue weighted by Crippen LogP contribution is -2.30. The van der Waals surface area contributed by atoms with Crippen molar-refractivity contribution in [3.05, 3.63) is 65.9 Å². The summed E-state index contributed by atoms with van der Waals surface area (Å²) >= 11 is 0. The summed E-state index contributed by atoms with van der Waals surface area (Å²) in [5, 5.41) is 0. The number of aromatic nitrogens is 4. The predicted octanol–water partition coefficient (Wildman–Crippen LogP) is 2.62. The Morgan fingerprint density at radius 1 is 1.26 bits per heavy atom. The molecule has 1 aliphatic carbocycles. The minimum atomic E-state index is -0.108. The van der Waals surface area contributed by atoms with Crippen molar-refractivity contribution in [1.29, 1.82) is 0 Å². The molecule has 0 aliphatic heterocycles. The quantitative estimate of drug-likeness (QED) is 0.595. The number of benzene rings is 1. The number of fused-ring (bicyclic) bond motifs is 4. The third-order valence-corrected chi connectivity index (χ3v) is 5.37. The molecule has 4 aromatic rings. The molecule has 2 N–H and O–H groups in total. The molecular weight excluding hydrogens is 340 g/mol. The van der Waals surface area contributed by atoms with Crippen LogP contribution in [0.15, 0.2) is 49.1 Å². The number of aryl methyl sites for hydroxylation is 1. The molecule has 3 heterocycles. The molecule has 3 aromatic heterocycles. The summed E-state index contributed by atoms with van der Waals surface area (Å²) in [7, 11) is 1.84. The van der Waals surface area contributed by atoms with Crippen LogP contribution < -0.4 is 5.73 Å². The van der Waals surface area contributed by atoms with Gasteiger partial charge in [-0.05, 0) is 30.0 Å².